The molecule has 1 aliphatic carbocycles. The first-order valence-electron chi connectivity index (χ1n) is 10.4. The van der Waals surface area contributed by atoms with Gasteiger partial charge in [0.1, 0.15) is 11.9 Å². The van der Waals surface area contributed by atoms with Crippen molar-refractivity contribution in [3.05, 3.63) is 63.6 Å². The molecule has 1 saturated heterocycles. The lowest BCUT2D eigenvalue weighted by Crippen LogP contribution is -2.39. The summed E-state index contributed by atoms with van der Waals surface area (Å²) in [6.45, 7) is 4.45. The molecule has 154 valence electrons. The first-order chi connectivity index (χ1) is 14.0. The molecule has 0 unspecified atom stereocenters. The van der Waals surface area contributed by atoms with E-state index in [0.29, 0.717) is 6.61 Å². The van der Waals surface area contributed by atoms with Gasteiger partial charge in [0.15, 0.2) is 0 Å². The van der Waals surface area contributed by atoms with Crippen molar-refractivity contribution in [2.75, 3.05) is 26.7 Å². The van der Waals surface area contributed by atoms with E-state index in [2.05, 4.69) is 46.1 Å². The average Bonchev–Trinajstić information content (AvgIpc) is 2.98. The van der Waals surface area contributed by atoms with Gasteiger partial charge in [0.2, 0.25) is 0 Å². The number of hydrogen-bond acceptors (Lipinski definition) is 4. The molecular weight excluding hydrogens is 430 g/mol. The van der Waals surface area contributed by atoms with Crippen LogP contribution in [0.25, 0.3) is 0 Å². The van der Waals surface area contributed by atoms with E-state index in [1.165, 1.54) is 11.1 Å². The maximum atomic E-state index is 12.0. The van der Waals surface area contributed by atoms with Crippen LogP contribution in [-0.4, -0.2) is 37.6 Å². The highest BCUT2D eigenvalue weighted by atomic mass is 79.9. The topological polar surface area (TPSA) is 38.8 Å². The largest absolute Gasteiger partial charge is 0.485 e. The summed E-state index contributed by atoms with van der Waals surface area (Å²) < 4.78 is 12.8. The van der Waals surface area contributed by atoms with E-state index in [1.54, 1.807) is 0 Å². The van der Waals surface area contributed by atoms with E-state index in [4.69, 9.17) is 9.47 Å². The van der Waals surface area contributed by atoms with Crippen LogP contribution < -0.4 is 4.74 Å². The number of halogens is 1. The molecule has 2 aromatic rings. The highest BCUT2D eigenvalue weighted by Gasteiger charge is 2.46. The number of esters is 1. The summed E-state index contributed by atoms with van der Waals surface area (Å²) in [5, 5.41) is 0. The highest BCUT2D eigenvalue weighted by Crippen LogP contribution is 2.52. The van der Waals surface area contributed by atoms with Crippen molar-refractivity contribution in [3.63, 3.8) is 0 Å². The van der Waals surface area contributed by atoms with Crippen LogP contribution in [0.2, 0.25) is 0 Å². The summed E-state index contributed by atoms with van der Waals surface area (Å²) in [6.07, 6.45) is 3.53. The van der Waals surface area contributed by atoms with Crippen molar-refractivity contribution in [3.8, 4) is 5.75 Å². The molecular formula is C24H28BrNO3. The maximum absolute atomic E-state index is 12.0. The molecule has 0 aromatic heterocycles. The molecule has 4 rings (SSSR count). The Morgan fingerprint density at radius 2 is 1.97 bits per heavy atom. The Morgan fingerprint density at radius 1 is 1.21 bits per heavy atom. The third-order valence-electron chi connectivity index (χ3n) is 6.33. The third kappa shape index (κ3) is 4.22. The van der Waals surface area contributed by atoms with E-state index in [9.17, 15) is 4.79 Å². The number of piperidine rings is 1. The Kier molecular flexibility index (Phi) is 5.98. The second kappa shape index (κ2) is 8.49. The molecule has 0 radical (unpaired) electrons. The molecule has 0 bridgehead atoms. The van der Waals surface area contributed by atoms with E-state index in [1.807, 2.05) is 31.2 Å². The summed E-state index contributed by atoms with van der Waals surface area (Å²) in [5.41, 5.74) is 3.77. The Bertz CT molecular complexity index is 889. The maximum Gasteiger partial charge on any atom is 0.310 e. The predicted octanol–water partition coefficient (Wildman–Crippen LogP) is 5.04. The van der Waals surface area contributed by atoms with Crippen LogP contribution in [0, 0.1) is 0 Å². The molecule has 5 heteroatoms. The molecule has 2 aliphatic rings. The molecule has 1 fully saturated rings. The van der Waals surface area contributed by atoms with E-state index < -0.39 is 0 Å². The van der Waals surface area contributed by atoms with Gasteiger partial charge in [-0.25, -0.2) is 0 Å². The molecule has 2 aromatic carbocycles. The van der Waals surface area contributed by atoms with Gasteiger partial charge in [-0.05, 0) is 75.6 Å². The fourth-order valence-electron chi connectivity index (χ4n) is 4.77. The van der Waals surface area contributed by atoms with Crippen LogP contribution in [0.4, 0.5) is 0 Å². The van der Waals surface area contributed by atoms with Gasteiger partial charge in [0.25, 0.3) is 0 Å². The molecule has 1 heterocycles. The first kappa shape index (κ1) is 20.4. The number of likely N-dealkylation sites (tertiary alicyclic amines) is 1. The second-order valence-corrected chi connectivity index (χ2v) is 9.13. The van der Waals surface area contributed by atoms with Crippen molar-refractivity contribution in [1.29, 1.82) is 0 Å². The van der Waals surface area contributed by atoms with E-state index in [0.717, 1.165) is 48.1 Å². The van der Waals surface area contributed by atoms with E-state index in [-0.39, 0.29) is 23.9 Å². The fourth-order valence-corrected chi connectivity index (χ4v) is 5.15. The minimum absolute atomic E-state index is 0.00532. The normalized spacial score (nSPS) is 20.4. The predicted molar refractivity (Wildman–Crippen MR) is 117 cm³/mol. The number of para-hydroxylation sites is 1. The molecule has 1 aliphatic heterocycles. The van der Waals surface area contributed by atoms with Gasteiger partial charge in [-0.15, -0.1) is 0 Å². The van der Waals surface area contributed by atoms with Gasteiger partial charge in [-0.1, -0.05) is 40.2 Å². The molecule has 0 saturated carbocycles. The smallest absolute Gasteiger partial charge is 0.310 e. The first-order valence-corrected chi connectivity index (χ1v) is 11.2. The monoisotopic (exact) mass is 457 g/mol. The standard InChI is InChI=1S/C24H28BrNO3/c1-3-28-23(27)14-17-6-4-5-7-21(17)29-22-16-24(10-12-26(2)13-11-24)20-9-8-18(25)15-19(20)22/h4-9,15,22H,3,10-14,16H2,1-2H3/t22-/m1/s1. The Balaban J connectivity index is 1.62. The number of hydrogen-bond donors (Lipinski definition) is 0. The molecule has 1 spiro atoms. The number of rotatable bonds is 5. The molecule has 4 nitrogen and oxygen atoms in total. The summed E-state index contributed by atoms with van der Waals surface area (Å²) in [5.74, 6) is 0.561. The van der Waals surface area contributed by atoms with Gasteiger partial charge in [-0.3, -0.25) is 4.79 Å². The molecule has 0 N–H and O–H groups in total. The van der Waals surface area contributed by atoms with Crippen LogP contribution in [-0.2, 0) is 21.4 Å². The van der Waals surface area contributed by atoms with Gasteiger partial charge in [0.05, 0.1) is 13.0 Å². The Morgan fingerprint density at radius 3 is 2.72 bits per heavy atom. The molecule has 0 amide bonds. The number of carbonyl (C=O) groups excluding carboxylic acids is 1. The van der Waals surface area contributed by atoms with Gasteiger partial charge in [0, 0.05) is 15.5 Å². The van der Waals surface area contributed by atoms with Crippen molar-refractivity contribution >= 4 is 21.9 Å². The van der Waals surface area contributed by atoms with Crippen molar-refractivity contribution in [1.82, 2.24) is 4.90 Å². The van der Waals surface area contributed by atoms with Gasteiger partial charge < -0.3 is 14.4 Å². The zero-order chi connectivity index (χ0) is 20.4. The van der Waals surface area contributed by atoms with Crippen LogP contribution in [0.5, 0.6) is 5.75 Å². The van der Waals surface area contributed by atoms with Crippen molar-refractivity contribution in [2.24, 2.45) is 0 Å². The number of benzene rings is 2. The Hall–Kier alpha value is -1.85. The lowest BCUT2D eigenvalue weighted by atomic mass is 9.74. The SMILES string of the molecule is CCOC(=O)Cc1ccccc1O[C@@H]1CC2(CCN(C)CC2)c2ccc(Br)cc21. The van der Waals surface area contributed by atoms with Crippen LogP contribution in [0.3, 0.4) is 0 Å². The van der Waals surface area contributed by atoms with Crippen LogP contribution >= 0.6 is 15.9 Å². The number of fused-ring (bicyclic) bond motifs is 2. The number of carbonyl (C=O) groups is 1. The van der Waals surface area contributed by atoms with Gasteiger partial charge in [-0.2, -0.15) is 0 Å². The summed E-state index contributed by atoms with van der Waals surface area (Å²) >= 11 is 3.64. The lowest BCUT2D eigenvalue weighted by molar-refractivity contribution is -0.142. The molecule has 1 atom stereocenters. The summed E-state index contributed by atoms with van der Waals surface area (Å²) in [7, 11) is 2.20. The number of ether oxygens (including phenoxy) is 2. The zero-order valence-electron chi connectivity index (χ0n) is 17.1. The minimum Gasteiger partial charge on any atom is -0.485 e. The molecule has 29 heavy (non-hydrogen) atoms. The zero-order valence-corrected chi connectivity index (χ0v) is 18.7. The third-order valence-corrected chi connectivity index (χ3v) is 6.83. The highest BCUT2D eigenvalue weighted by molar-refractivity contribution is 9.10. The van der Waals surface area contributed by atoms with Crippen LogP contribution in [0.15, 0.2) is 46.9 Å². The van der Waals surface area contributed by atoms with E-state index >= 15 is 0 Å². The number of nitrogens with zero attached hydrogens (tertiary/aromatic N) is 1. The average molecular weight is 458 g/mol. The van der Waals surface area contributed by atoms with Crippen molar-refractivity contribution < 1.29 is 14.3 Å². The van der Waals surface area contributed by atoms with Crippen molar-refractivity contribution in [2.45, 2.75) is 44.1 Å². The van der Waals surface area contributed by atoms with Crippen LogP contribution in [0.1, 0.15) is 49.0 Å². The fraction of sp³-hybridized carbons (Fsp3) is 0.458. The summed E-state index contributed by atoms with van der Waals surface area (Å²) in [4.78, 5) is 14.4. The quantitative estimate of drug-likeness (QED) is 0.589. The lowest BCUT2D eigenvalue weighted by Gasteiger charge is -2.38. The minimum atomic E-state index is -0.218. The summed E-state index contributed by atoms with van der Waals surface area (Å²) in [6, 6.07) is 14.5. The second-order valence-electron chi connectivity index (χ2n) is 8.22. The van der Waals surface area contributed by atoms with Gasteiger partial charge >= 0.3 is 5.97 Å². The Labute approximate surface area is 181 Å².